The zero-order valence-corrected chi connectivity index (χ0v) is 8.93. The van der Waals surface area contributed by atoms with Gasteiger partial charge in [-0.1, -0.05) is 0 Å². The van der Waals surface area contributed by atoms with E-state index in [0.29, 0.717) is 0 Å². The summed E-state index contributed by atoms with van der Waals surface area (Å²) in [5.41, 5.74) is 0. The van der Waals surface area contributed by atoms with Crippen LogP contribution in [0.5, 0.6) is 0 Å². The fourth-order valence-electron chi connectivity index (χ4n) is 0.340. The second kappa shape index (κ2) is 7.15. The number of hydrogen-bond donors (Lipinski definition) is 0. The summed E-state index contributed by atoms with van der Waals surface area (Å²) >= 11 is -1.85. The molecule has 0 unspecified atom stereocenters. The Morgan fingerprint density at radius 1 is 1.33 bits per heavy atom. The molecule has 0 aromatic heterocycles. The third kappa shape index (κ3) is 12.3. The molecule has 0 aromatic carbocycles. The summed E-state index contributed by atoms with van der Waals surface area (Å²) in [6, 6.07) is 0. The summed E-state index contributed by atoms with van der Waals surface area (Å²) in [4.78, 5) is 0. The Balaban J connectivity index is 0.000000148. The first-order valence-electron chi connectivity index (χ1n) is 2.08. The summed E-state index contributed by atoms with van der Waals surface area (Å²) in [6.07, 6.45) is 10.0. The molecule has 4 heteroatoms. The molecular formula is C5H5Cl3Pt-. The van der Waals surface area contributed by atoms with Gasteiger partial charge in [-0.25, -0.2) is 12.2 Å². The summed E-state index contributed by atoms with van der Waals surface area (Å²) in [5, 5.41) is 0. The average Bonchev–Trinajstić information content (AvgIpc) is 2.11. The molecule has 57 valence electrons. The molecule has 0 spiro atoms. The summed E-state index contributed by atoms with van der Waals surface area (Å²) in [5.74, 6) is 0. The predicted molar refractivity (Wildman–Crippen MR) is 39.1 cm³/mol. The third-order valence-corrected chi connectivity index (χ3v) is 0.586. The maximum absolute atomic E-state index is 4.96. The van der Waals surface area contributed by atoms with Crippen LogP contribution >= 0.6 is 28.3 Å². The van der Waals surface area contributed by atoms with Crippen molar-refractivity contribution in [3.8, 4) is 0 Å². The van der Waals surface area contributed by atoms with Gasteiger partial charge in [-0.05, 0) is 0 Å². The Morgan fingerprint density at radius 2 is 1.89 bits per heavy atom. The minimum absolute atomic E-state index is 1.01. The fourth-order valence-corrected chi connectivity index (χ4v) is 0.340. The first kappa shape index (κ1) is 10.0. The van der Waals surface area contributed by atoms with Crippen molar-refractivity contribution in [2.45, 2.75) is 6.42 Å². The van der Waals surface area contributed by atoms with Crippen molar-refractivity contribution in [1.29, 1.82) is 0 Å². The van der Waals surface area contributed by atoms with Crippen LogP contribution in [0.2, 0.25) is 0 Å². The van der Waals surface area contributed by atoms with Crippen molar-refractivity contribution in [1.82, 2.24) is 0 Å². The molecule has 0 aliphatic heterocycles. The molecule has 0 radical (unpaired) electrons. The van der Waals surface area contributed by atoms with Crippen LogP contribution in [0.4, 0.5) is 0 Å². The van der Waals surface area contributed by atoms with Crippen LogP contribution in [0.25, 0.3) is 0 Å². The Morgan fingerprint density at radius 3 is 2.00 bits per heavy atom. The molecule has 0 saturated carbocycles. The van der Waals surface area contributed by atoms with Gasteiger partial charge in [-0.15, -0.1) is 6.42 Å². The van der Waals surface area contributed by atoms with Crippen molar-refractivity contribution in [2.24, 2.45) is 0 Å². The standard InChI is InChI=1S/C5H5.3ClH.Pt/c1-2-4-5-3-1;;;;/h1-3H,4H2;3*1H;/q-1;;;;+3/p-3. The molecule has 1 aliphatic rings. The van der Waals surface area contributed by atoms with Crippen molar-refractivity contribution >= 4 is 28.3 Å². The van der Waals surface area contributed by atoms with E-state index < -0.39 is 14.2 Å². The fraction of sp³-hybridized carbons (Fsp3) is 0.200. The third-order valence-electron chi connectivity index (χ3n) is 0.586. The van der Waals surface area contributed by atoms with Gasteiger partial charge >= 0.3 is 42.4 Å². The van der Waals surface area contributed by atoms with Crippen LogP contribution in [0.15, 0.2) is 18.2 Å². The average molecular weight is 367 g/mol. The zero-order valence-electron chi connectivity index (χ0n) is 4.39. The Kier molecular flexibility index (Phi) is 7.97. The topological polar surface area (TPSA) is 0 Å². The van der Waals surface area contributed by atoms with Gasteiger partial charge in [0, 0.05) is 0 Å². The predicted octanol–water partition coefficient (Wildman–Crippen LogP) is 3.37. The van der Waals surface area contributed by atoms with Gasteiger partial charge in [-0.3, -0.25) is 6.08 Å². The first-order valence-corrected chi connectivity index (χ1v) is 10.5. The van der Waals surface area contributed by atoms with Gasteiger partial charge in [0.15, 0.2) is 0 Å². The van der Waals surface area contributed by atoms with E-state index in [1.165, 1.54) is 0 Å². The Bertz CT molecular complexity index is 96.0. The second-order valence-electron chi connectivity index (χ2n) is 1.14. The number of halogens is 3. The molecule has 0 atom stereocenters. The van der Waals surface area contributed by atoms with E-state index >= 15 is 0 Å². The molecule has 0 aromatic rings. The number of allylic oxidation sites excluding steroid dienone is 4. The molecule has 0 N–H and O–H groups in total. The normalized spacial score (nSPS) is 14.8. The second-order valence-corrected chi connectivity index (χ2v) is 11.0. The van der Waals surface area contributed by atoms with E-state index in [2.05, 4.69) is 12.2 Å². The van der Waals surface area contributed by atoms with Crippen molar-refractivity contribution in [3.05, 3.63) is 24.3 Å². The van der Waals surface area contributed by atoms with E-state index in [4.69, 9.17) is 28.3 Å². The quantitative estimate of drug-likeness (QED) is 0.577. The SMILES string of the molecule is [C-]1=CC=CC1.[Cl][Pt]([Cl])[Cl]. The van der Waals surface area contributed by atoms with E-state index in [9.17, 15) is 0 Å². The molecule has 0 heterocycles. The van der Waals surface area contributed by atoms with Gasteiger partial charge in [0.25, 0.3) is 0 Å². The maximum atomic E-state index is 4.96. The van der Waals surface area contributed by atoms with Crippen molar-refractivity contribution < 1.29 is 14.2 Å². The van der Waals surface area contributed by atoms with Gasteiger partial charge in [0.2, 0.25) is 0 Å². The first-order chi connectivity index (χ1) is 4.23. The van der Waals surface area contributed by atoms with E-state index in [1.54, 1.807) is 0 Å². The van der Waals surface area contributed by atoms with Crippen LogP contribution in [-0.2, 0) is 14.2 Å². The van der Waals surface area contributed by atoms with Crippen molar-refractivity contribution in [3.63, 3.8) is 0 Å². The van der Waals surface area contributed by atoms with Gasteiger partial charge < -0.3 is 0 Å². The summed E-state index contributed by atoms with van der Waals surface area (Å²) in [7, 11) is 14.9. The van der Waals surface area contributed by atoms with Gasteiger partial charge in [0.05, 0.1) is 0 Å². The number of hydrogen-bond acceptors (Lipinski definition) is 0. The summed E-state index contributed by atoms with van der Waals surface area (Å²) in [6.45, 7) is 0. The molecule has 9 heavy (non-hydrogen) atoms. The van der Waals surface area contributed by atoms with E-state index in [1.807, 2.05) is 12.2 Å². The Hall–Kier alpha value is 1.04. The molecule has 0 nitrogen and oxygen atoms in total. The van der Waals surface area contributed by atoms with Crippen LogP contribution < -0.4 is 0 Å². The van der Waals surface area contributed by atoms with E-state index in [-0.39, 0.29) is 0 Å². The van der Waals surface area contributed by atoms with Crippen LogP contribution in [0.1, 0.15) is 6.42 Å². The molecule has 1 aliphatic carbocycles. The molecule has 0 saturated heterocycles. The Labute approximate surface area is 72.8 Å². The molecule has 1 rings (SSSR count). The molecule has 0 amide bonds. The molecular weight excluding hydrogens is 361 g/mol. The van der Waals surface area contributed by atoms with Crippen LogP contribution in [-0.4, -0.2) is 0 Å². The van der Waals surface area contributed by atoms with E-state index in [0.717, 1.165) is 6.42 Å². The minimum atomic E-state index is -1.85. The van der Waals surface area contributed by atoms with Gasteiger partial charge in [0.1, 0.15) is 0 Å². The van der Waals surface area contributed by atoms with Crippen LogP contribution in [0, 0.1) is 6.08 Å². The van der Waals surface area contributed by atoms with Gasteiger partial charge in [-0.2, -0.15) is 6.08 Å². The van der Waals surface area contributed by atoms with Crippen LogP contribution in [0.3, 0.4) is 0 Å². The summed E-state index contributed by atoms with van der Waals surface area (Å²) < 4.78 is 0. The monoisotopic (exact) mass is 365 g/mol. The molecule has 0 bridgehead atoms. The van der Waals surface area contributed by atoms with Crippen molar-refractivity contribution in [2.75, 3.05) is 0 Å². The number of rotatable bonds is 0. The molecule has 0 fully saturated rings. The zero-order chi connectivity index (χ0) is 7.11.